The molecular weight excluding hydrogens is 651 g/mol. The molecule has 0 bridgehead atoms. The number of nitrogens with zero attached hydrogens (tertiary/aromatic N) is 6. The lowest BCUT2D eigenvalue weighted by atomic mass is 9.99. The predicted molar refractivity (Wildman–Crippen MR) is 176 cm³/mol. The van der Waals surface area contributed by atoms with Crippen LogP contribution in [0, 0.1) is 13.8 Å². The second-order valence-corrected chi connectivity index (χ2v) is 10.5. The van der Waals surface area contributed by atoms with Crippen LogP contribution in [0.3, 0.4) is 0 Å². The summed E-state index contributed by atoms with van der Waals surface area (Å²) in [7, 11) is 1.60. The quantitative estimate of drug-likeness (QED) is 0.172. The van der Waals surface area contributed by atoms with Crippen molar-refractivity contribution in [2.24, 2.45) is 7.05 Å². The molecule has 0 radical (unpaired) electrons. The van der Waals surface area contributed by atoms with Gasteiger partial charge in [0.25, 0.3) is 5.95 Å². The Morgan fingerprint density at radius 1 is 0.958 bits per heavy atom. The Kier molecular flexibility index (Phi) is 21.1. The fourth-order valence-electron chi connectivity index (χ4n) is 4.40. The zero-order chi connectivity index (χ0) is 38.0. The zero-order valence-electron chi connectivity index (χ0n) is 30.2. The van der Waals surface area contributed by atoms with E-state index in [9.17, 15) is 39.5 Å². The molecule has 1 unspecified atom stereocenters. The normalized spacial score (nSPS) is 12.9. The van der Waals surface area contributed by atoms with Crippen LogP contribution in [0.5, 0.6) is 0 Å². The van der Waals surface area contributed by atoms with E-state index in [0.717, 1.165) is 19.1 Å². The number of tetrazole rings is 1. The van der Waals surface area contributed by atoms with Crippen molar-refractivity contribution in [1.82, 2.24) is 20.2 Å². The Balaban J connectivity index is 0. The smallest absolute Gasteiger partial charge is 0.372 e. The van der Waals surface area contributed by atoms with Crippen LogP contribution in [0.1, 0.15) is 98.3 Å². The van der Waals surface area contributed by atoms with E-state index in [0.29, 0.717) is 43.1 Å². The van der Waals surface area contributed by atoms with E-state index in [2.05, 4.69) is 15.4 Å². The molecule has 0 N–H and O–H groups in total. The summed E-state index contributed by atoms with van der Waals surface area (Å²) in [5.41, 5.74) is 0.311. The molecule has 0 aliphatic rings. The van der Waals surface area contributed by atoms with Crippen molar-refractivity contribution in [3.8, 4) is 0 Å². The summed E-state index contributed by atoms with van der Waals surface area (Å²) in [6.07, 6.45) is -10.4. The molecule has 0 fully saturated rings. The number of hydrogen-bond acceptors (Lipinski definition) is 5. The molecule has 0 saturated carbocycles. The highest BCUT2D eigenvalue weighted by Crippen LogP contribution is 2.38. The van der Waals surface area contributed by atoms with Gasteiger partial charge in [-0.15, -0.1) is 5.10 Å². The molecule has 15 heteroatoms. The molecule has 0 saturated heterocycles. The van der Waals surface area contributed by atoms with Gasteiger partial charge < -0.3 is 9.80 Å². The molecule has 2 rings (SSSR count). The molecule has 0 spiro atoms. The first-order valence-corrected chi connectivity index (χ1v) is 16.0. The van der Waals surface area contributed by atoms with E-state index in [4.69, 9.17) is 0 Å². The minimum absolute atomic E-state index is 0.146. The lowest BCUT2D eigenvalue weighted by Crippen LogP contribution is -2.36. The molecule has 1 atom stereocenters. The van der Waals surface area contributed by atoms with Gasteiger partial charge in [0.15, 0.2) is 0 Å². The maximum Gasteiger partial charge on any atom is 0.416 e. The summed E-state index contributed by atoms with van der Waals surface area (Å²) in [6, 6.07) is 3.07. The first-order chi connectivity index (χ1) is 22.1. The standard InChI is InChI=1S/C24H34F6N6.C5H7F3.2C2H6/c1-7-35(20-11-10-17(3)21(19(20)5)24(28,29)30)14-8-9-18(4)36(22-31-33-34(6)32-22)15-16(2)12-13-23(25,26)27;1-3-4(2)5(6,7)8;2*1-2/h10-12,18H,7-9,13-15H2,1-6H3;3H,1-2H3;2*1-2H3/b16-12+;4-3+;;. The summed E-state index contributed by atoms with van der Waals surface area (Å²) >= 11 is 0. The highest BCUT2D eigenvalue weighted by Gasteiger charge is 2.35. The Bertz CT molecular complexity index is 1250. The fraction of sp³-hybridized carbons (Fsp3) is 0.667. The van der Waals surface area contributed by atoms with E-state index >= 15 is 0 Å². The first-order valence-electron chi connectivity index (χ1n) is 16.0. The van der Waals surface area contributed by atoms with Crippen LogP contribution in [0.25, 0.3) is 0 Å². The Morgan fingerprint density at radius 3 is 1.92 bits per heavy atom. The summed E-state index contributed by atoms with van der Waals surface area (Å²) in [6.45, 7) is 20.0. The van der Waals surface area contributed by atoms with Crippen LogP contribution in [-0.4, -0.2) is 58.2 Å². The number of alkyl halides is 9. The predicted octanol–water partition coefficient (Wildman–Crippen LogP) is 10.8. The van der Waals surface area contributed by atoms with Gasteiger partial charge in [0.2, 0.25) is 0 Å². The van der Waals surface area contributed by atoms with Crippen LogP contribution >= 0.6 is 0 Å². The van der Waals surface area contributed by atoms with Crippen molar-refractivity contribution in [1.29, 1.82) is 0 Å². The van der Waals surface area contributed by atoms with Gasteiger partial charge in [0, 0.05) is 36.9 Å². The maximum atomic E-state index is 13.6. The van der Waals surface area contributed by atoms with E-state index in [1.54, 1.807) is 24.9 Å². The van der Waals surface area contributed by atoms with E-state index < -0.39 is 36.1 Å². The number of rotatable bonds is 11. The lowest BCUT2D eigenvalue weighted by Gasteiger charge is -2.30. The van der Waals surface area contributed by atoms with Gasteiger partial charge in [-0.1, -0.05) is 56.6 Å². The van der Waals surface area contributed by atoms with Crippen molar-refractivity contribution in [2.75, 3.05) is 29.4 Å². The number of allylic oxidation sites excluding steroid dienone is 3. The summed E-state index contributed by atoms with van der Waals surface area (Å²) < 4.78 is 113. The Hall–Kier alpha value is -3.26. The molecule has 0 aliphatic heterocycles. The molecule has 48 heavy (non-hydrogen) atoms. The van der Waals surface area contributed by atoms with Gasteiger partial charge in [-0.25, -0.2) is 0 Å². The number of aryl methyl sites for hydroxylation is 2. The average Bonchev–Trinajstić information content (AvgIpc) is 3.43. The van der Waals surface area contributed by atoms with Crippen LogP contribution in [-0.2, 0) is 13.2 Å². The van der Waals surface area contributed by atoms with E-state index in [1.807, 2.05) is 46.4 Å². The van der Waals surface area contributed by atoms with Gasteiger partial charge in [0.1, 0.15) is 0 Å². The molecule has 1 heterocycles. The second-order valence-electron chi connectivity index (χ2n) is 10.5. The largest absolute Gasteiger partial charge is 0.416 e. The molecular formula is C33H53F9N6. The van der Waals surface area contributed by atoms with Crippen LogP contribution in [0.4, 0.5) is 51.1 Å². The van der Waals surface area contributed by atoms with E-state index in [-0.39, 0.29) is 23.7 Å². The number of benzene rings is 1. The van der Waals surface area contributed by atoms with Gasteiger partial charge in [-0.2, -0.15) is 44.3 Å². The Morgan fingerprint density at radius 2 is 1.52 bits per heavy atom. The van der Waals surface area contributed by atoms with Crippen molar-refractivity contribution in [2.45, 2.75) is 120 Å². The van der Waals surface area contributed by atoms with Crippen molar-refractivity contribution >= 4 is 11.6 Å². The fourth-order valence-corrected chi connectivity index (χ4v) is 4.40. The maximum absolute atomic E-state index is 13.6. The monoisotopic (exact) mass is 704 g/mol. The van der Waals surface area contributed by atoms with Crippen LogP contribution in [0.2, 0.25) is 0 Å². The van der Waals surface area contributed by atoms with E-state index in [1.165, 1.54) is 31.6 Å². The highest BCUT2D eigenvalue weighted by atomic mass is 19.4. The van der Waals surface area contributed by atoms with Crippen molar-refractivity contribution < 1.29 is 39.5 Å². The molecule has 0 aliphatic carbocycles. The minimum Gasteiger partial charge on any atom is -0.372 e. The van der Waals surface area contributed by atoms with Crippen LogP contribution < -0.4 is 9.80 Å². The minimum atomic E-state index is -4.43. The summed E-state index contributed by atoms with van der Waals surface area (Å²) in [5, 5.41) is 12.1. The molecule has 6 nitrogen and oxygen atoms in total. The molecule has 278 valence electrons. The van der Waals surface area contributed by atoms with Gasteiger partial charge in [-0.3, -0.25) is 0 Å². The van der Waals surface area contributed by atoms with Gasteiger partial charge in [0.05, 0.1) is 19.0 Å². The third-order valence-corrected chi connectivity index (χ3v) is 6.97. The van der Waals surface area contributed by atoms with Gasteiger partial charge in [-0.05, 0) is 83.7 Å². The Labute approximate surface area is 280 Å². The highest BCUT2D eigenvalue weighted by molar-refractivity contribution is 5.59. The summed E-state index contributed by atoms with van der Waals surface area (Å²) in [5.74, 6) is 0.307. The average molecular weight is 705 g/mol. The molecule has 1 aromatic carbocycles. The van der Waals surface area contributed by atoms with Crippen molar-refractivity contribution in [3.05, 3.63) is 52.1 Å². The number of anilines is 2. The van der Waals surface area contributed by atoms with Crippen molar-refractivity contribution in [3.63, 3.8) is 0 Å². The second kappa shape index (κ2) is 21.7. The number of aromatic nitrogens is 4. The number of hydrogen-bond donors (Lipinski definition) is 0. The third-order valence-electron chi connectivity index (χ3n) is 6.97. The van der Waals surface area contributed by atoms with Gasteiger partial charge >= 0.3 is 18.5 Å². The molecule has 1 aromatic heterocycles. The molecule has 0 amide bonds. The third kappa shape index (κ3) is 16.7. The van der Waals surface area contributed by atoms with Crippen LogP contribution in [0.15, 0.2) is 35.4 Å². The SMILES string of the molecule is C/C=C(\C)C(F)(F)F.CC.CC.CCN(CCCC(C)N(C/C(C)=C/CC(F)(F)F)c1nnn(C)n1)c1ccc(C)c(C(F)(F)F)c1C. The molecule has 2 aromatic rings. The summed E-state index contributed by atoms with van der Waals surface area (Å²) in [4.78, 5) is 4.99. The number of halogens is 9. The lowest BCUT2D eigenvalue weighted by molar-refractivity contribution is -0.138. The topological polar surface area (TPSA) is 50.1 Å². The zero-order valence-corrected chi connectivity index (χ0v) is 30.2. The first kappa shape index (κ1) is 46.9.